The molecule has 0 bridgehead atoms. The van der Waals surface area contributed by atoms with Gasteiger partial charge in [0.2, 0.25) is 0 Å². The molecule has 0 saturated heterocycles. The Bertz CT molecular complexity index is 1230. The average molecular weight is 469 g/mol. The Balaban J connectivity index is 1.46. The van der Waals surface area contributed by atoms with Crippen LogP contribution in [0.5, 0.6) is 0 Å². The highest BCUT2D eigenvalue weighted by Gasteiger charge is 2.42. The van der Waals surface area contributed by atoms with Crippen LogP contribution in [0.3, 0.4) is 0 Å². The lowest BCUT2D eigenvalue weighted by molar-refractivity contribution is -0.124. The van der Waals surface area contributed by atoms with Gasteiger partial charge in [-0.2, -0.15) is 5.10 Å². The van der Waals surface area contributed by atoms with Gasteiger partial charge >= 0.3 is 0 Å². The van der Waals surface area contributed by atoms with Gasteiger partial charge in [0.05, 0.1) is 16.9 Å². The van der Waals surface area contributed by atoms with Crippen molar-refractivity contribution in [2.45, 2.75) is 32.6 Å². The molecule has 170 valence electrons. The first kappa shape index (κ1) is 22.8. The minimum Gasteiger partial charge on any atom is -0.351 e. The van der Waals surface area contributed by atoms with Crippen molar-refractivity contribution >= 4 is 29.1 Å². The zero-order chi connectivity index (χ0) is 23.7. The molecule has 1 amide bonds. The minimum absolute atomic E-state index is 0.118. The van der Waals surface area contributed by atoms with Gasteiger partial charge in [0, 0.05) is 31.3 Å². The highest BCUT2D eigenvalue weighted by molar-refractivity contribution is 6.30. The molecule has 4 rings (SSSR count). The zero-order valence-electron chi connectivity index (χ0n) is 18.1. The van der Waals surface area contributed by atoms with E-state index in [0.717, 1.165) is 22.9 Å². The summed E-state index contributed by atoms with van der Waals surface area (Å²) >= 11 is 5.96. The van der Waals surface area contributed by atoms with E-state index in [2.05, 4.69) is 15.4 Å². The van der Waals surface area contributed by atoms with Gasteiger partial charge in [-0.3, -0.25) is 14.4 Å². The number of rotatable bonds is 6. The molecule has 1 saturated carbocycles. The predicted molar refractivity (Wildman–Crippen MR) is 120 cm³/mol. The molecule has 2 unspecified atom stereocenters. The number of amides is 1. The van der Waals surface area contributed by atoms with Gasteiger partial charge in [0.1, 0.15) is 11.7 Å². The summed E-state index contributed by atoms with van der Waals surface area (Å²) in [5.74, 6) is -2.97. The molecule has 33 heavy (non-hydrogen) atoms. The Morgan fingerprint density at radius 3 is 2.64 bits per heavy atom. The molecule has 7 nitrogen and oxygen atoms in total. The van der Waals surface area contributed by atoms with Crippen LogP contribution in [0.4, 0.5) is 4.39 Å². The summed E-state index contributed by atoms with van der Waals surface area (Å²) in [4.78, 5) is 41.8. The molecule has 0 aliphatic heterocycles. The Morgan fingerprint density at radius 1 is 1.27 bits per heavy atom. The molecule has 0 spiro atoms. The fourth-order valence-corrected chi connectivity index (χ4v) is 4.52. The summed E-state index contributed by atoms with van der Waals surface area (Å²) in [6.07, 6.45) is 4.97. The SMILES string of the molecule is Cc1cc(-n2cc(Cl)cn2)cc(C)c1C1C(=O)CC(CCNC(=O)c2ncccc2F)C1=O. The van der Waals surface area contributed by atoms with Crippen LogP contribution in [0.15, 0.2) is 42.9 Å². The smallest absolute Gasteiger partial charge is 0.272 e. The minimum atomic E-state index is -0.825. The van der Waals surface area contributed by atoms with Crippen molar-refractivity contribution in [3.63, 3.8) is 0 Å². The molecule has 3 aromatic rings. The van der Waals surface area contributed by atoms with Gasteiger partial charge in [-0.15, -0.1) is 0 Å². The molecule has 2 aromatic heterocycles. The van der Waals surface area contributed by atoms with Crippen LogP contribution in [0.1, 0.15) is 45.9 Å². The maximum absolute atomic E-state index is 13.7. The first-order chi connectivity index (χ1) is 15.8. The number of carbonyl (C=O) groups is 3. The number of pyridine rings is 1. The highest BCUT2D eigenvalue weighted by atomic mass is 35.5. The number of nitrogens with zero attached hydrogens (tertiary/aromatic N) is 3. The molecule has 9 heteroatoms. The number of aromatic nitrogens is 3. The van der Waals surface area contributed by atoms with Crippen molar-refractivity contribution in [1.82, 2.24) is 20.1 Å². The summed E-state index contributed by atoms with van der Waals surface area (Å²) in [5.41, 5.74) is 2.86. The summed E-state index contributed by atoms with van der Waals surface area (Å²) in [6, 6.07) is 6.31. The van der Waals surface area contributed by atoms with Crippen LogP contribution >= 0.6 is 11.6 Å². The summed E-state index contributed by atoms with van der Waals surface area (Å²) in [6.45, 7) is 3.88. The van der Waals surface area contributed by atoms with Crippen LogP contribution in [0.2, 0.25) is 5.02 Å². The van der Waals surface area contributed by atoms with E-state index in [-0.39, 0.29) is 30.2 Å². The number of Topliss-reactive ketones (excluding diaryl/α,β-unsaturated/α-hetero) is 2. The lowest BCUT2D eigenvalue weighted by Gasteiger charge is -2.17. The first-order valence-electron chi connectivity index (χ1n) is 10.5. The van der Waals surface area contributed by atoms with Gasteiger partial charge < -0.3 is 5.32 Å². The Hall–Kier alpha value is -3.39. The fraction of sp³-hybridized carbons (Fsp3) is 0.292. The second-order valence-corrected chi connectivity index (χ2v) is 8.61. The number of benzene rings is 1. The third-order valence-electron chi connectivity index (χ3n) is 5.89. The van der Waals surface area contributed by atoms with Crippen LogP contribution < -0.4 is 5.32 Å². The summed E-state index contributed by atoms with van der Waals surface area (Å²) in [5, 5.41) is 7.29. The molecule has 1 aromatic carbocycles. The summed E-state index contributed by atoms with van der Waals surface area (Å²) < 4.78 is 15.3. The zero-order valence-corrected chi connectivity index (χ0v) is 18.9. The second kappa shape index (κ2) is 9.23. The maximum Gasteiger partial charge on any atom is 0.272 e. The number of nitrogens with one attached hydrogen (secondary N) is 1. The van der Waals surface area contributed by atoms with E-state index < -0.39 is 23.6 Å². The molecular weight excluding hydrogens is 447 g/mol. The average Bonchev–Trinajstić information content (AvgIpc) is 3.32. The standard InChI is InChI=1S/C24H22ClFN4O3/c1-13-8-17(30-12-16(25)11-29-30)9-14(2)20(13)21-19(31)10-15(23(21)32)5-7-28-24(33)22-18(26)4-3-6-27-22/h3-4,6,8-9,11-12,15,21H,5,7,10H2,1-2H3,(H,28,33). The van der Waals surface area contributed by atoms with Gasteiger partial charge in [-0.25, -0.2) is 14.1 Å². The van der Waals surface area contributed by atoms with Crippen molar-refractivity contribution in [2.24, 2.45) is 5.92 Å². The van der Waals surface area contributed by atoms with Crippen LogP contribution in [-0.4, -0.2) is 38.8 Å². The maximum atomic E-state index is 13.7. The van der Waals surface area contributed by atoms with E-state index >= 15 is 0 Å². The Morgan fingerprint density at radius 2 is 2.00 bits per heavy atom. The number of hydrogen-bond acceptors (Lipinski definition) is 5. The molecule has 1 aliphatic carbocycles. The number of aryl methyl sites for hydroxylation is 2. The van der Waals surface area contributed by atoms with Crippen molar-refractivity contribution in [2.75, 3.05) is 6.54 Å². The number of hydrogen-bond donors (Lipinski definition) is 1. The largest absolute Gasteiger partial charge is 0.351 e. The van der Waals surface area contributed by atoms with E-state index in [1.807, 2.05) is 26.0 Å². The van der Waals surface area contributed by atoms with Gasteiger partial charge in [-0.05, 0) is 61.2 Å². The predicted octanol–water partition coefficient (Wildman–Crippen LogP) is 3.74. The van der Waals surface area contributed by atoms with Crippen molar-refractivity contribution < 1.29 is 18.8 Å². The van der Waals surface area contributed by atoms with Crippen LogP contribution in [-0.2, 0) is 9.59 Å². The number of halogens is 2. The topological polar surface area (TPSA) is 93.9 Å². The molecular formula is C24H22ClFN4O3. The van der Waals surface area contributed by atoms with E-state index in [0.29, 0.717) is 17.0 Å². The summed E-state index contributed by atoms with van der Waals surface area (Å²) in [7, 11) is 0. The number of carbonyl (C=O) groups excluding carboxylic acids is 3. The molecule has 1 fully saturated rings. The lowest BCUT2D eigenvalue weighted by Crippen LogP contribution is -2.28. The molecule has 1 N–H and O–H groups in total. The van der Waals surface area contributed by atoms with Crippen molar-refractivity contribution in [3.05, 3.63) is 76.1 Å². The van der Waals surface area contributed by atoms with Crippen LogP contribution in [0.25, 0.3) is 5.69 Å². The molecule has 1 aliphatic rings. The third-order valence-corrected chi connectivity index (χ3v) is 6.09. The van der Waals surface area contributed by atoms with E-state index in [9.17, 15) is 18.8 Å². The molecule has 2 atom stereocenters. The third kappa shape index (κ3) is 4.57. The van der Waals surface area contributed by atoms with Gasteiger partial charge in [0.25, 0.3) is 5.91 Å². The van der Waals surface area contributed by atoms with Crippen molar-refractivity contribution in [1.29, 1.82) is 0 Å². The van der Waals surface area contributed by atoms with E-state index in [1.165, 1.54) is 18.5 Å². The van der Waals surface area contributed by atoms with Gasteiger partial charge in [-0.1, -0.05) is 11.6 Å². The van der Waals surface area contributed by atoms with Gasteiger partial charge in [0.15, 0.2) is 17.3 Å². The fourth-order valence-electron chi connectivity index (χ4n) is 4.38. The van der Waals surface area contributed by atoms with Crippen molar-refractivity contribution in [3.8, 4) is 5.69 Å². The lowest BCUT2D eigenvalue weighted by atomic mass is 9.87. The first-order valence-corrected chi connectivity index (χ1v) is 10.9. The molecule has 0 radical (unpaired) electrons. The Labute approximate surface area is 195 Å². The van der Waals surface area contributed by atoms with E-state index in [1.54, 1.807) is 10.9 Å². The van der Waals surface area contributed by atoms with Crippen LogP contribution in [0, 0.1) is 25.6 Å². The monoisotopic (exact) mass is 468 g/mol. The Kier molecular flexibility index (Phi) is 6.37. The normalized spacial score (nSPS) is 18.1. The molecule has 2 heterocycles. The second-order valence-electron chi connectivity index (χ2n) is 8.18. The quantitative estimate of drug-likeness (QED) is 0.556. The highest BCUT2D eigenvalue weighted by Crippen LogP contribution is 2.37. The number of ketones is 2. The van der Waals surface area contributed by atoms with E-state index in [4.69, 9.17) is 11.6 Å².